The molecule has 1 saturated heterocycles. The third kappa shape index (κ3) is 6.23. The fourth-order valence-electron chi connectivity index (χ4n) is 3.91. The van der Waals surface area contributed by atoms with E-state index < -0.39 is 15.5 Å². The number of aromatic nitrogens is 2. The molecule has 2 aromatic carbocycles. The van der Waals surface area contributed by atoms with Gasteiger partial charge in [0.25, 0.3) is 5.91 Å². The first-order valence-electron chi connectivity index (χ1n) is 11.2. The van der Waals surface area contributed by atoms with E-state index in [-0.39, 0.29) is 18.3 Å². The van der Waals surface area contributed by atoms with Crippen molar-refractivity contribution in [3.63, 3.8) is 0 Å². The lowest BCUT2D eigenvalue weighted by atomic mass is 10.1. The van der Waals surface area contributed by atoms with Gasteiger partial charge >= 0.3 is 0 Å². The summed E-state index contributed by atoms with van der Waals surface area (Å²) in [5, 5.41) is 3.94. The van der Waals surface area contributed by atoms with E-state index >= 15 is 0 Å². The average Bonchev–Trinajstić information content (AvgIpc) is 2.78. The molecular weight excluding hydrogens is 471 g/mol. The monoisotopic (exact) mass is 500 g/mol. The number of piperazine rings is 1. The molecule has 1 amide bonds. The summed E-state index contributed by atoms with van der Waals surface area (Å²) in [6.07, 6.45) is 4.55. The maximum Gasteiger partial charge on any atom is 0.260 e. The summed E-state index contributed by atoms with van der Waals surface area (Å²) in [6, 6.07) is 7.66. The Kier molecular flexibility index (Phi) is 7.18. The lowest BCUT2D eigenvalue weighted by molar-refractivity contribution is -0.134. The van der Waals surface area contributed by atoms with E-state index in [4.69, 9.17) is 4.74 Å². The van der Waals surface area contributed by atoms with E-state index in [1.807, 2.05) is 20.0 Å². The number of hydrogen-bond acceptors (Lipinski definition) is 8. The molecule has 0 bridgehead atoms. The van der Waals surface area contributed by atoms with Crippen LogP contribution >= 0.6 is 0 Å². The number of rotatable bonds is 6. The Morgan fingerprint density at radius 2 is 1.91 bits per heavy atom. The first kappa shape index (κ1) is 24.8. The predicted octanol–water partition coefficient (Wildman–Crippen LogP) is 3.33. The molecule has 4 rings (SSSR count). The molecule has 1 aromatic heterocycles. The van der Waals surface area contributed by atoms with Crippen molar-refractivity contribution >= 4 is 43.7 Å². The van der Waals surface area contributed by atoms with Crippen LogP contribution in [0.4, 0.5) is 21.6 Å². The number of ether oxygens (including phenoxy) is 1. The summed E-state index contributed by atoms with van der Waals surface area (Å²) in [6.45, 7) is 4.59. The van der Waals surface area contributed by atoms with E-state index in [0.29, 0.717) is 35.8 Å². The maximum absolute atomic E-state index is 14.0. The van der Waals surface area contributed by atoms with Gasteiger partial charge in [-0.1, -0.05) is 0 Å². The van der Waals surface area contributed by atoms with Crippen LogP contribution in [0.2, 0.25) is 0 Å². The largest absolute Gasteiger partial charge is 0.481 e. The quantitative estimate of drug-likeness (QED) is 0.554. The van der Waals surface area contributed by atoms with Gasteiger partial charge in [-0.05, 0) is 43.8 Å². The topological polar surface area (TPSA) is 100 Å². The molecule has 3 aromatic rings. The minimum absolute atomic E-state index is 0.142. The van der Waals surface area contributed by atoms with Gasteiger partial charge in [0, 0.05) is 59.9 Å². The van der Waals surface area contributed by atoms with Gasteiger partial charge < -0.3 is 19.9 Å². The summed E-state index contributed by atoms with van der Waals surface area (Å²) >= 11 is 0. The normalized spacial score (nSPS) is 14.7. The molecule has 1 aliphatic rings. The molecule has 11 heteroatoms. The van der Waals surface area contributed by atoms with E-state index in [1.165, 1.54) is 18.5 Å². The van der Waals surface area contributed by atoms with Crippen molar-refractivity contribution in [3.05, 3.63) is 48.0 Å². The Labute approximate surface area is 204 Å². The molecule has 9 nitrogen and oxygen atoms in total. The van der Waals surface area contributed by atoms with Crippen LogP contribution in [0, 0.1) is 12.7 Å². The highest BCUT2D eigenvalue weighted by Gasteiger charge is 2.20. The van der Waals surface area contributed by atoms with Crippen LogP contribution in [-0.4, -0.2) is 82.2 Å². The summed E-state index contributed by atoms with van der Waals surface area (Å²) < 4.78 is 36.2. The molecule has 1 fully saturated rings. The number of hydrogen-bond donors (Lipinski definition) is 1. The number of anilines is 2. The zero-order valence-corrected chi connectivity index (χ0v) is 21.1. The van der Waals surface area contributed by atoms with Gasteiger partial charge in [-0.2, -0.15) is 4.36 Å². The molecule has 186 valence electrons. The van der Waals surface area contributed by atoms with Crippen LogP contribution in [0.15, 0.2) is 41.0 Å². The third-order valence-electron chi connectivity index (χ3n) is 5.65. The summed E-state index contributed by atoms with van der Waals surface area (Å²) in [5.74, 6) is 0.0847. The highest BCUT2D eigenvalue weighted by Crippen LogP contribution is 2.33. The molecule has 1 N–H and O–H groups in total. The van der Waals surface area contributed by atoms with E-state index in [9.17, 15) is 13.4 Å². The van der Waals surface area contributed by atoms with Gasteiger partial charge in [0.15, 0.2) is 6.61 Å². The number of amides is 1. The number of carbonyl (C=O) groups is 1. The highest BCUT2D eigenvalue weighted by molar-refractivity contribution is 7.92. The average molecular weight is 501 g/mol. The SMILES string of the molecule is Cc1cc(N=S(C)(C)=O)cc2ncnc(Nc3ccc(F)cc3OCC(=O)N3CCN(C)CC3)c12. The van der Waals surface area contributed by atoms with Crippen molar-refractivity contribution in [2.45, 2.75) is 6.92 Å². The number of aryl methyl sites for hydroxylation is 1. The molecule has 1 aliphatic heterocycles. The Hall–Kier alpha value is -3.31. The second kappa shape index (κ2) is 10.1. The van der Waals surface area contributed by atoms with Crippen LogP contribution in [0.1, 0.15) is 5.56 Å². The van der Waals surface area contributed by atoms with Crippen molar-refractivity contribution < 1.29 is 18.1 Å². The van der Waals surface area contributed by atoms with Gasteiger partial charge in [0.2, 0.25) is 0 Å². The number of halogens is 1. The van der Waals surface area contributed by atoms with Crippen molar-refractivity contribution in [1.82, 2.24) is 19.8 Å². The minimum atomic E-state index is -2.32. The lowest BCUT2D eigenvalue weighted by Crippen LogP contribution is -2.48. The number of fused-ring (bicyclic) bond motifs is 1. The van der Waals surface area contributed by atoms with Gasteiger partial charge in [-0.3, -0.25) is 4.79 Å². The lowest BCUT2D eigenvalue weighted by Gasteiger charge is -2.32. The number of nitrogens with zero attached hydrogens (tertiary/aromatic N) is 5. The Balaban J connectivity index is 1.59. The fourth-order valence-corrected chi connectivity index (χ4v) is 4.52. The van der Waals surface area contributed by atoms with Gasteiger partial charge in [0.05, 0.1) is 16.9 Å². The van der Waals surface area contributed by atoms with E-state index in [2.05, 4.69) is 24.5 Å². The zero-order chi connectivity index (χ0) is 25.2. The molecule has 35 heavy (non-hydrogen) atoms. The van der Waals surface area contributed by atoms with Crippen LogP contribution < -0.4 is 10.1 Å². The van der Waals surface area contributed by atoms with Crippen LogP contribution in [0.5, 0.6) is 5.75 Å². The third-order valence-corrected chi connectivity index (χ3v) is 6.30. The zero-order valence-electron chi connectivity index (χ0n) is 20.2. The van der Waals surface area contributed by atoms with Crippen molar-refractivity contribution in [2.75, 3.05) is 57.7 Å². The van der Waals surface area contributed by atoms with Gasteiger partial charge in [0.1, 0.15) is 23.7 Å². The molecule has 2 heterocycles. The molecule has 0 atom stereocenters. The van der Waals surface area contributed by atoms with Gasteiger partial charge in [-0.25, -0.2) is 18.6 Å². The number of carbonyl (C=O) groups excluding carboxylic acids is 1. The fraction of sp³-hybridized carbons (Fsp3) is 0.375. The van der Waals surface area contributed by atoms with E-state index in [0.717, 1.165) is 24.0 Å². The second-order valence-corrected chi connectivity index (χ2v) is 11.4. The first-order valence-corrected chi connectivity index (χ1v) is 13.5. The molecule has 0 unspecified atom stereocenters. The number of nitrogens with one attached hydrogen (secondary N) is 1. The number of benzene rings is 2. The Bertz CT molecular complexity index is 1370. The van der Waals surface area contributed by atoms with Crippen LogP contribution in [-0.2, 0) is 14.5 Å². The Morgan fingerprint density at radius 3 is 2.63 bits per heavy atom. The first-order chi connectivity index (χ1) is 16.6. The molecule has 0 saturated carbocycles. The molecular formula is C24H29FN6O3S. The predicted molar refractivity (Wildman–Crippen MR) is 136 cm³/mol. The molecule has 0 spiro atoms. The Morgan fingerprint density at radius 1 is 1.17 bits per heavy atom. The maximum atomic E-state index is 14.0. The van der Waals surface area contributed by atoms with Crippen molar-refractivity contribution in [1.29, 1.82) is 0 Å². The highest BCUT2D eigenvalue weighted by atomic mass is 32.2. The van der Waals surface area contributed by atoms with E-state index in [1.54, 1.807) is 29.5 Å². The number of likely N-dealkylation sites (N-methyl/N-ethyl adjacent to an activating group) is 1. The smallest absolute Gasteiger partial charge is 0.260 e. The standard InChI is InChI=1S/C24H29FN6O3S/c1-16-11-18(29-35(3,4)33)13-20-23(16)24(27-15-26-20)28-19-6-5-17(25)12-21(19)34-14-22(32)31-9-7-30(2)8-10-31/h5-6,11-13,15H,7-10,14H2,1-4H3,(H,26,27,28). The van der Waals surface area contributed by atoms with Gasteiger partial charge in [-0.15, -0.1) is 0 Å². The van der Waals surface area contributed by atoms with Crippen LogP contribution in [0.25, 0.3) is 10.9 Å². The minimum Gasteiger partial charge on any atom is -0.481 e. The van der Waals surface area contributed by atoms with Crippen LogP contribution in [0.3, 0.4) is 0 Å². The summed E-state index contributed by atoms with van der Waals surface area (Å²) in [5.41, 5.74) is 2.50. The second-order valence-electron chi connectivity index (χ2n) is 8.89. The molecule has 0 radical (unpaired) electrons. The summed E-state index contributed by atoms with van der Waals surface area (Å²) in [7, 11) is -0.308. The van der Waals surface area contributed by atoms with Crippen molar-refractivity contribution in [3.8, 4) is 5.75 Å². The summed E-state index contributed by atoms with van der Waals surface area (Å²) in [4.78, 5) is 25.2. The van der Waals surface area contributed by atoms with Crippen molar-refractivity contribution in [2.24, 2.45) is 4.36 Å². The molecule has 0 aliphatic carbocycles.